The molecule has 0 fully saturated rings. The van der Waals surface area contributed by atoms with Gasteiger partial charge in [0.1, 0.15) is 0 Å². The van der Waals surface area contributed by atoms with E-state index in [-0.39, 0.29) is 6.04 Å². The summed E-state index contributed by atoms with van der Waals surface area (Å²) in [6.45, 7) is 1.93. The lowest BCUT2D eigenvalue weighted by molar-refractivity contribution is 0.693. The predicted molar refractivity (Wildman–Crippen MR) is 58.6 cm³/mol. The number of nitrogens with zero attached hydrogens (tertiary/aromatic N) is 3. The number of benzene rings is 1. The largest absolute Gasteiger partial charge is 0.0859 e. The van der Waals surface area contributed by atoms with E-state index in [2.05, 4.69) is 10.0 Å². The molecule has 14 heavy (non-hydrogen) atoms. The van der Waals surface area contributed by atoms with Gasteiger partial charge in [0.05, 0.1) is 6.04 Å². The molecule has 0 saturated carbocycles. The van der Waals surface area contributed by atoms with Crippen LogP contribution in [0.4, 0.5) is 0 Å². The zero-order valence-corrected chi connectivity index (χ0v) is 9.13. The molecule has 0 N–H and O–H groups in total. The summed E-state index contributed by atoms with van der Waals surface area (Å²) in [5.74, 6) is 0. The highest BCUT2D eigenvalue weighted by Gasteiger charge is 2.10. The van der Waals surface area contributed by atoms with Crippen molar-refractivity contribution in [2.45, 2.75) is 19.4 Å². The molecule has 1 aromatic rings. The summed E-state index contributed by atoms with van der Waals surface area (Å²) in [5.41, 5.74) is 9.18. The lowest BCUT2D eigenvalue weighted by Gasteiger charge is -2.10. The molecule has 1 atom stereocenters. The van der Waals surface area contributed by atoms with E-state index in [1.165, 1.54) is 0 Å². The Kier molecular flexibility index (Phi) is 4.08. The summed E-state index contributed by atoms with van der Waals surface area (Å²) in [4.78, 5) is 2.78. The summed E-state index contributed by atoms with van der Waals surface area (Å²) in [6, 6.07) is 4.95. The van der Waals surface area contributed by atoms with E-state index < -0.39 is 0 Å². The first kappa shape index (κ1) is 11.2. The summed E-state index contributed by atoms with van der Waals surface area (Å²) in [7, 11) is 0. The van der Waals surface area contributed by atoms with Gasteiger partial charge in [-0.1, -0.05) is 41.3 Å². The number of hydrogen-bond acceptors (Lipinski definition) is 1. The fourth-order valence-electron chi connectivity index (χ4n) is 1.20. The highest BCUT2D eigenvalue weighted by Crippen LogP contribution is 2.30. The second-order valence-electron chi connectivity index (χ2n) is 2.79. The molecule has 1 aromatic carbocycles. The standard InChI is InChI=1S/C9H9Cl2N3/c1-2-9(13-14-12)7-4-3-6(10)5-8(7)11/h3-5,9H,2H2,1H3/t9-/m0/s1. The van der Waals surface area contributed by atoms with E-state index in [1.54, 1.807) is 18.2 Å². The van der Waals surface area contributed by atoms with Gasteiger partial charge in [-0.05, 0) is 29.6 Å². The smallest absolute Gasteiger partial charge is 0.0637 e. The van der Waals surface area contributed by atoms with Crippen LogP contribution in [0.2, 0.25) is 10.0 Å². The fourth-order valence-corrected chi connectivity index (χ4v) is 1.73. The Morgan fingerprint density at radius 2 is 2.21 bits per heavy atom. The van der Waals surface area contributed by atoms with Crippen LogP contribution in [-0.2, 0) is 0 Å². The Morgan fingerprint density at radius 1 is 1.50 bits per heavy atom. The van der Waals surface area contributed by atoms with Crippen molar-refractivity contribution < 1.29 is 0 Å². The predicted octanol–water partition coefficient (Wildman–Crippen LogP) is 4.75. The van der Waals surface area contributed by atoms with Gasteiger partial charge in [0.15, 0.2) is 0 Å². The summed E-state index contributed by atoms with van der Waals surface area (Å²) in [6.07, 6.45) is 0.714. The summed E-state index contributed by atoms with van der Waals surface area (Å²) < 4.78 is 0. The van der Waals surface area contributed by atoms with E-state index in [4.69, 9.17) is 28.7 Å². The van der Waals surface area contributed by atoms with Crippen LogP contribution in [0.25, 0.3) is 10.4 Å². The quantitative estimate of drug-likeness (QED) is 0.408. The first-order valence-corrected chi connectivity index (χ1v) is 4.93. The molecule has 5 heteroatoms. The molecule has 0 bridgehead atoms. The minimum Gasteiger partial charge on any atom is -0.0859 e. The third kappa shape index (κ3) is 2.55. The van der Waals surface area contributed by atoms with Gasteiger partial charge in [-0.3, -0.25) is 0 Å². The topological polar surface area (TPSA) is 48.8 Å². The van der Waals surface area contributed by atoms with Gasteiger partial charge >= 0.3 is 0 Å². The Morgan fingerprint density at radius 3 is 2.71 bits per heavy atom. The fraction of sp³-hybridized carbons (Fsp3) is 0.333. The minimum absolute atomic E-state index is 0.218. The van der Waals surface area contributed by atoms with Crippen molar-refractivity contribution in [1.82, 2.24) is 0 Å². The van der Waals surface area contributed by atoms with Crippen LogP contribution >= 0.6 is 23.2 Å². The highest BCUT2D eigenvalue weighted by atomic mass is 35.5. The third-order valence-corrected chi connectivity index (χ3v) is 2.46. The molecular weight excluding hydrogens is 221 g/mol. The van der Waals surface area contributed by atoms with Crippen LogP contribution in [0.5, 0.6) is 0 Å². The second-order valence-corrected chi connectivity index (χ2v) is 3.64. The highest BCUT2D eigenvalue weighted by molar-refractivity contribution is 6.35. The molecule has 0 spiro atoms. The summed E-state index contributed by atoms with van der Waals surface area (Å²) in [5, 5.41) is 4.77. The first-order valence-electron chi connectivity index (χ1n) is 4.18. The molecule has 0 amide bonds. The maximum absolute atomic E-state index is 8.36. The second kappa shape index (κ2) is 5.11. The Bertz CT molecular complexity index is 372. The van der Waals surface area contributed by atoms with E-state index in [1.807, 2.05) is 6.92 Å². The molecule has 0 saturated heterocycles. The Hall–Kier alpha value is -0.890. The maximum atomic E-state index is 8.36. The van der Waals surface area contributed by atoms with Crippen LogP contribution in [0.15, 0.2) is 23.3 Å². The molecule has 0 unspecified atom stereocenters. The van der Waals surface area contributed by atoms with Crippen molar-refractivity contribution >= 4 is 23.2 Å². The zero-order valence-electron chi connectivity index (χ0n) is 7.61. The molecule has 74 valence electrons. The van der Waals surface area contributed by atoms with Crippen molar-refractivity contribution in [3.05, 3.63) is 44.3 Å². The first-order chi connectivity index (χ1) is 6.69. The number of rotatable bonds is 3. The lowest BCUT2D eigenvalue weighted by atomic mass is 10.1. The van der Waals surface area contributed by atoms with Crippen LogP contribution in [-0.4, -0.2) is 0 Å². The summed E-state index contributed by atoms with van der Waals surface area (Å²) >= 11 is 11.7. The average Bonchev–Trinajstić information content (AvgIpc) is 2.15. The number of azide groups is 1. The van der Waals surface area contributed by atoms with Crippen molar-refractivity contribution in [3.8, 4) is 0 Å². The van der Waals surface area contributed by atoms with Crippen molar-refractivity contribution in [2.24, 2.45) is 5.11 Å². The SMILES string of the molecule is CC[C@H](N=[N+]=[N-])c1ccc(Cl)cc1Cl. The molecule has 0 aliphatic heterocycles. The van der Waals surface area contributed by atoms with Crippen molar-refractivity contribution in [1.29, 1.82) is 0 Å². The van der Waals surface area contributed by atoms with Crippen LogP contribution in [0, 0.1) is 0 Å². The van der Waals surface area contributed by atoms with Gasteiger partial charge in [-0.25, -0.2) is 0 Å². The van der Waals surface area contributed by atoms with E-state index in [0.717, 1.165) is 5.56 Å². The van der Waals surface area contributed by atoms with Gasteiger partial charge in [-0.2, -0.15) is 0 Å². The van der Waals surface area contributed by atoms with Gasteiger partial charge in [0.2, 0.25) is 0 Å². The molecule has 3 nitrogen and oxygen atoms in total. The molecular formula is C9H9Cl2N3. The minimum atomic E-state index is -0.218. The molecule has 0 heterocycles. The monoisotopic (exact) mass is 229 g/mol. The maximum Gasteiger partial charge on any atom is 0.0637 e. The van der Waals surface area contributed by atoms with Gasteiger partial charge in [-0.15, -0.1) is 0 Å². The number of hydrogen-bond donors (Lipinski definition) is 0. The van der Waals surface area contributed by atoms with E-state index in [9.17, 15) is 0 Å². The van der Waals surface area contributed by atoms with E-state index in [0.29, 0.717) is 16.5 Å². The lowest BCUT2D eigenvalue weighted by Crippen LogP contribution is -1.93. The molecule has 0 aliphatic rings. The van der Waals surface area contributed by atoms with Crippen LogP contribution in [0.1, 0.15) is 24.9 Å². The molecule has 1 rings (SSSR count). The normalized spacial score (nSPS) is 11.9. The average molecular weight is 230 g/mol. The van der Waals surface area contributed by atoms with Gasteiger partial charge < -0.3 is 0 Å². The zero-order chi connectivity index (χ0) is 10.6. The molecule has 0 radical (unpaired) electrons. The van der Waals surface area contributed by atoms with Crippen LogP contribution < -0.4 is 0 Å². The van der Waals surface area contributed by atoms with E-state index >= 15 is 0 Å². The molecule has 0 aliphatic carbocycles. The Balaban J connectivity index is 3.10. The van der Waals surface area contributed by atoms with Crippen LogP contribution in [0.3, 0.4) is 0 Å². The third-order valence-electron chi connectivity index (χ3n) is 1.90. The van der Waals surface area contributed by atoms with Crippen molar-refractivity contribution in [2.75, 3.05) is 0 Å². The Labute approximate surface area is 92.3 Å². The van der Waals surface area contributed by atoms with Crippen molar-refractivity contribution in [3.63, 3.8) is 0 Å². The molecule has 0 aromatic heterocycles. The van der Waals surface area contributed by atoms with Gasteiger partial charge in [0.25, 0.3) is 0 Å². The number of halogens is 2. The van der Waals surface area contributed by atoms with Gasteiger partial charge in [0, 0.05) is 15.0 Å².